The molecule has 0 radical (unpaired) electrons. The summed E-state index contributed by atoms with van der Waals surface area (Å²) >= 11 is 0. The summed E-state index contributed by atoms with van der Waals surface area (Å²) in [6.45, 7) is 0. The summed E-state index contributed by atoms with van der Waals surface area (Å²) in [4.78, 5) is 0. The molecule has 0 nitrogen and oxygen atoms in total. The van der Waals surface area contributed by atoms with E-state index in [1.165, 1.54) is 10.8 Å². The Morgan fingerprint density at radius 3 is 1.00 bits per heavy atom. The molecule has 2 rings (SSSR count). The Morgan fingerprint density at radius 2 is 0.769 bits per heavy atom. The third kappa shape index (κ3) is 3.98. The second-order valence-corrected chi connectivity index (χ2v) is 2.35. The molecule has 64 valence electrons. The number of hydrogen-bond donors (Lipinski definition) is 0. The van der Waals surface area contributed by atoms with Crippen molar-refractivity contribution in [3.05, 3.63) is 48.5 Å². The second-order valence-electron chi connectivity index (χ2n) is 2.35. The minimum absolute atomic E-state index is 0. The van der Waals surface area contributed by atoms with Gasteiger partial charge in [0.1, 0.15) is 0 Å². The van der Waals surface area contributed by atoms with Crippen molar-refractivity contribution in [2.24, 2.45) is 0 Å². The average molecular weight is 312 g/mol. The number of rotatable bonds is 0. The predicted molar refractivity (Wildman–Crippen MR) is 49.7 cm³/mol. The quantitative estimate of drug-likeness (QED) is 0.442. The molecule has 0 atom stereocenters. The molecular formula is C10H8Br2Mg. The van der Waals surface area contributed by atoms with E-state index in [1.807, 2.05) is 0 Å². The zero-order chi connectivity index (χ0) is 6.81. The maximum absolute atomic E-state index is 2.12. The largest absolute Gasteiger partial charge is 2.00 e. The fourth-order valence-corrected chi connectivity index (χ4v) is 1.13. The van der Waals surface area contributed by atoms with Gasteiger partial charge in [-0.25, -0.2) is 0 Å². The van der Waals surface area contributed by atoms with E-state index in [0.29, 0.717) is 0 Å². The van der Waals surface area contributed by atoms with Gasteiger partial charge in [-0.05, 0) is 10.8 Å². The SMILES string of the molecule is [Br-].[Br-].[Mg+2].c1ccc2ccccc2c1. The molecule has 0 N–H and O–H groups in total. The third-order valence-corrected chi connectivity index (χ3v) is 1.66. The molecule has 0 fully saturated rings. The Morgan fingerprint density at radius 1 is 0.538 bits per heavy atom. The summed E-state index contributed by atoms with van der Waals surface area (Å²) in [5.41, 5.74) is 0. The van der Waals surface area contributed by atoms with Crippen LogP contribution < -0.4 is 34.0 Å². The Balaban J connectivity index is 0. The van der Waals surface area contributed by atoms with Crippen LogP contribution >= 0.6 is 0 Å². The van der Waals surface area contributed by atoms with E-state index in [9.17, 15) is 0 Å². The molecule has 0 aliphatic heterocycles. The first-order chi connectivity index (χ1) is 4.97. The zero-order valence-corrected chi connectivity index (χ0v) is 11.7. The van der Waals surface area contributed by atoms with Crippen molar-refractivity contribution in [3.8, 4) is 0 Å². The summed E-state index contributed by atoms with van der Waals surface area (Å²) in [7, 11) is 0. The third-order valence-electron chi connectivity index (χ3n) is 1.66. The first-order valence-electron chi connectivity index (χ1n) is 3.40. The molecule has 0 amide bonds. The van der Waals surface area contributed by atoms with Crippen molar-refractivity contribution in [2.75, 3.05) is 0 Å². The van der Waals surface area contributed by atoms with Gasteiger partial charge in [0.2, 0.25) is 0 Å². The molecule has 0 heterocycles. The molecule has 0 saturated carbocycles. The molecule has 0 aromatic heterocycles. The van der Waals surface area contributed by atoms with E-state index in [0.717, 1.165) is 0 Å². The normalized spacial score (nSPS) is 7.69. The van der Waals surface area contributed by atoms with Gasteiger partial charge in [-0.1, -0.05) is 48.5 Å². The molecule has 0 unspecified atom stereocenters. The molecule has 0 aliphatic rings. The smallest absolute Gasteiger partial charge is 1.00 e. The van der Waals surface area contributed by atoms with E-state index < -0.39 is 0 Å². The minimum Gasteiger partial charge on any atom is -1.00 e. The first-order valence-corrected chi connectivity index (χ1v) is 3.40. The van der Waals surface area contributed by atoms with Gasteiger partial charge in [0.05, 0.1) is 0 Å². The first kappa shape index (κ1) is 15.9. The maximum atomic E-state index is 2.12. The van der Waals surface area contributed by atoms with Gasteiger partial charge in [-0.2, -0.15) is 0 Å². The minimum atomic E-state index is 0. The Labute approximate surface area is 115 Å². The molecular weight excluding hydrogens is 304 g/mol. The molecule has 3 heteroatoms. The number of halogens is 2. The summed E-state index contributed by atoms with van der Waals surface area (Å²) in [6.07, 6.45) is 0. The zero-order valence-electron chi connectivity index (χ0n) is 7.08. The number of hydrogen-bond acceptors (Lipinski definition) is 0. The van der Waals surface area contributed by atoms with Gasteiger partial charge < -0.3 is 34.0 Å². The average Bonchev–Trinajstić information content (AvgIpc) is 2.05. The molecule has 0 spiro atoms. The van der Waals surface area contributed by atoms with Crippen molar-refractivity contribution in [1.82, 2.24) is 0 Å². The maximum Gasteiger partial charge on any atom is 2.00 e. The van der Waals surface area contributed by atoms with Crippen molar-refractivity contribution < 1.29 is 34.0 Å². The van der Waals surface area contributed by atoms with Gasteiger partial charge in [-0.15, -0.1) is 0 Å². The molecule has 0 saturated heterocycles. The summed E-state index contributed by atoms with van der Waals surface area (Å²) in [6, 6.07) is 16.7. The van der Waals surface area contributed by atoms with Crippen LogP contribution in [-0.4, -0.2) is 23.1 Å². The summed E-state index contributed by atoms with van der Waals surface area (Å²) in [5.74, 6) is 0. The number of fused-ring (bicyclic) bond motifs is 1. The molecule has 13 heavy (non-hydrogen) atoms. The van der Waals surface area contributed by atoms with Gasteiger partial charge in [-0.3, -0.25) is 0 Å². The van der Waals surface area contributed by atoms with E-state index >= 15 is 0 Å². The van der Waals surface area contributed by atoms with Gasteiger partial charge >= 0.3 is 23.1 Å². The van der Waals surface area contributed by atoms with Gasteiger partial charge in [0, 0.05) is 0 Å². The van der Waals surface area contributed by atoms with Crippen LogP contribution in [-0.2, 0) is 0 Å². The summed E-state index contributed by atoms with van der Waals surface area (Å²) < 4.78 is 0. The van der Waals surface area contributed by atoms with Crippen LogP contribution in [0.25, 0.3) is 10.8 Å². The monoisotopic (exact) mass is 310 g/mol. The van der Waals surface area contributed by atoms with Crippen molar-refractivity contribution in [2.45, 2.75) is 0 Å². The fourth-order valence-electron chi connectivity index (χ4n) is 1.13. The fraction of sp³-hybridized carbons (Fsp3) is 0. The molecule has 0 aliphatic carbocycles. The Kier molecular flexibility index (Phi) is 9.52. The molecule has 2 aromatic carbocycles. The number of benzene rings is 2. The van der Waals surface area contributed by atoms with Crippen LogP contribution in [0.3, 0.4) is 0 Å². The molecule has 2 aromatic rings. The summed E-state index contributed by atoms with van der Waals surface area (Å²) in [5, 5.41) is 2.62. The Bertz CT molecular complexity index is 284. The van der Waals surface area contributed by atoms with Crippen molar-refractivity contribution in [3.63, 3.8) is 0 Å². The van der Waals surface area contributed by atoms with Gasteiger partial charge in [0.15, 0.2) is 0 Å². The Hall–Kier alpha value is 0.426. The van der Waals surface area contributed by atoms with E-state index in [4.69, 9.17) is 0 Å². The van der Waals surface area contributed by atoms with E-state index in [-0.39, 0.29) is 57.0 Å². The van der Waals surface area contributed by atoms with E-state index in [1.54, 1.807) is 0 Å². The van der Waals surface area contributed by atoms with Crippen LogP contribution in [0, 0.1) is 0 Å². The van der Waals surface area contributed by atoms with Crippen molar-refractivity contribution in [1.29, 1.82) is 0 Å². The van der Waals surface area contributed by atoms with Crippen LogP contribution in [0.15, 0.2) is 48.5 Å². The van der Waals surface area contributed by atoms with Crippen LogP contribution in [0.2, 0.25) is 0 Å². The molecule has 0 bridgehead atoms. The van der Waals surface area contributed by atoms with Gasteiger partial charge in [0.25, 0.3) is 0 Å². The second kappa shape index (κ2) is 7.80. The van der Waals surface area contributed by atoms with Crippen LogP contribution in [0.5, 0.6) is 0 Å². The predicted octanol–water partition coefficient (Wildman–Crippen LogP) is -3.53. The van der Waals surface area contributed by atoms with Crippen LogP contribution in [0.1, 0.15) is 0 Å². The van der Waals surface area contributed by atoms with E-state index in [2.05, 4.69) is 48.5 Å². The topological polar surface area (TPSA) is 0 Å². The standard InChI is InChI=1S/C10H8.2BrH.Mg/c1-2-6-10-8-4-3-7-9(10)5-1;;;/h1-8H;2*1H;/q;;;+2/p-2. The van der Waals surface area contributed by atoms with Crippen LogP contribution in [0.4, 0.5) is 0 Å². The van der Waals surface area contributed by atoms with Crippen molar-refractivity contribution >= 4 is 33.8 Å².